The fraction of sp³-hybridized carbons (Fsp3) is 0.476. The summed E-state index contributed by atoms with van der Waals surface area (Å²) in [6.07, 6.45) is 8.54. The van der Waals surface area contributed by atoms with E-state index in [-0.39, 0.29) is 0 Å². The number of nitrogens with one attached hydrogen (secondary N) is 1. The minimum atomic E-state index is 0.444. The summed E-state index contributed by atoms with van der Waals surface area (Å²) in [5.74, 6) is 0.622. The summed E-state index contributed by atoms with van der Waals surface area (Å²) in [7, 11) is 6.61. The van der Waals surface area contributed by atoms with Gasteiger partial charge in [-0.05, 0) is 56.4 Å². The van der Waals surface area contributed by atoms with E-state index >= 15 is 0 Å². The maximum Gasteiger partial charge on any atom is 0.0946 e. The molecule has 1 aromatic carbocycles. The van der Waals surface area contributed by atoms with Crippen LogP contribution in [0.5, 0.6) is 0 Å². The predicted molar refractivity (Wildman–Crippen MR) is 106 cm³/mol. The summed E-state index contributed by atoms with van der Waals surface area (Å²) < 4.78 is 2.18. The number of benzene rings is 1. The van der Waals surface area contributed by atoms with Crippen molar-refractivity contribution in [2.75, 3.05) is 27.2 Å². The van der Waals surface area contributed by atoms with E-state index in [1.54, 1.807) is 0 Å². The van der Waals surface area contributed by atoms with E-state index in [4.69, 9.17) is 0 Å². The molecule has 3 heterocycles. The summed E-state index contributed by atoms with van der Waals surface area (Å²) in [4.78, 5) is 12.7. The van der Waals surface area contributed by atoms with Gasteiger partial charge in [-0.25, -0.2) is 4.98 Å². The van der Waals surface area contributed by atoms with Crippen LogP contribution >= 0.6 is 0 Å². The first-order valence-electron chi connectivity index (χ1n) is 9.53. The number of para-hydroxylation sites is 1. The van der Waals surface area contributed by atoms with Crippen molar-refractivity contribution < 1.29 is 0 Å². The molecule has 2 atom stereocenters. The van der Waals surface area contributed by atoms with Crippen LogP contribution in [0.3, 0.4) is 0 Å². The molecule has 1 aliphatic heterocycles. The van der Waals surface area contributed by atoms with E-state index in [1.807, 2.05) is 18.7 Å². The molecule has 3 aromatic rings. The number of hydrogen-bond acceptors (Lipinski definition) is 3. The Balaban J connectivity index is 1.51. The van der Waals surface area contributed by atoms with Crippen molar-refractivity contribution in [2.45, 2.75) is 25.4 Å². The molecule has 138 valence electrons. The van der Waals surface area contributed by atoms with Crippen LogP contribution in [0, 0.1) is 5.92 Å². The Bertz CT molecular complexity index is 864. The first kappa shape index (κ1) is 17.3. The van der Waals surface area contributed by atoms with Crippen LogP contribution in [-0.2, 0) is 13.6 Å². The number of H-pyrrole nitrogens is 1. The molecular formula is C21H29N5. The van der Waals surface area contributed by atoms with Crippen molar-refractivity contribution in [3.05, 3.63) is 54.2 Å². The molecule has 0 radical (unpaired) electrons. The summed E-state index contributed by atoms with van der Waals surface area (Å²) >= 11 is 0. The summed E-state index contributed by atoms with van der Waals surface area (Å²) in [6, 6.07) is 9.16. The molecule has 1 N–H and O–H groups in total. The quantitative estimate of drug-likeness (QED) is 0.766. The molecule has 5 heteroatoms. The normalized spacial score (nSPS) is 21.7. The van der Waals surface area contributed by atoms with Crippen molar-refractivity contribution >= 4 is 10.9 Å². The SMILES string of the molecule is CN(Cc1cccc2cc[nH]c12)C[C@@H]1CCCN(C)[C@H]1c1cncn1C. The summed E-state index contributed by atoms with van der Waals surface area (Å²) in [6.45, 7) is 3.23. The number of fused-ring (bicyclic) bond motifs is 1. The molecule has 0 amide bonds. The van der Waals surface area contributed by atoms with Gasteiger partial charge in [0.15, 0.2) is 0 Å². The molecule has 1 saturated heterocycles. The Labute approximate surface area is 155 Å². The Morgan fingerprint density at radius 2 is 2.15 bits per heavy atom. The highest BCUT2D eigenvalue weighted by Gasteiger charge is 2.32. The zero-order valence-corrected chi connectivity index (χ0v) is 16.0. The van der Waals surface area contributed by atoms with Crippen molar-refractivity contribution in [1.82, 2.24) is 24.3 Å². The second kappa shape index (κ2) is 7.25. The maximum atomic E-state index is 4.36. The predicted octanol–water partition coefficient (Wildman–Crippen LogP) is 3.42. The van der Waals surface area contributed by atoms with Crippen LogP contribution in [0.15, 0.2) is 43.0 Å². The number of rotatable bonds is 5. The summed E-state index contributed by atoms with van der Waals surface area (Å²) in [5.41, 5.74) is 3.97. The standard InChI is InChI=1S/C21H29N5/c1-24(13-17-7-4-6-16-9-10-23-20(16)17)14-18-8-5-11-25(2)21(18)19-12-22-15-26(19)3/h4,6-7,9-10,12,15,18,21,23H,5,8,11,13-14H2,1-3H3/t18-,21+/m0/s1. The van der Waals surface area contributed by atoms with Gasteiger partial charge in [-0.3, -0.25) is 4.90 Å². The molecule has 0 spiro atoms. The van der Waals surface area contributed by atoms with Gasteiger partial charge in [0.25, 0.3) is 0 Å². The van der Waals surface area contributed by atoms with Crippen LogP contribution < -0.4 is 0 Å². The molecule has 0 unspecified atom stereocenters. The Hall–Kier alpha value is -2.11. The molecule has 1 fully saturated rings. The van der Waals surface area contributed by atoms with Gasteiger partial charge >= 0.3 is 0 Å². The van der Waals surface area contributed by atoms with Crippen molar-refractivity contribution in [2.24, 2.45) is 13.0 Å². The highest BCUT2D eigenvalue weighted by Crippen LogP contribution is 2.35. The van der Waals surface area contributed by atoms with Crippen molar-refractivity contribution in [3.63, 3.8) is 0 Å². The molecule has 26 heavy (non-hydrogen) atoms. The average molecular weight is 351 g/mol. The van der Waals surface area contributed by atoms with Crippen LogP contribution in [0.2, 0.25) is 0 Å². The van der Waals surface area contributed by atoms with Gasteiger partial charge in [0.05, 0.1) is 18.1 Å². The summed E-state index contributed by atoms with van der Waals surface area (Å²) in [5, 5.41) is 1.29. The van der Waals surface area contributed by atoms with Gasteiger partial charge in [0, 0.05) is 38.0 Å². The van der Waals surface area contributed by atoms with Gasteiger partial charge in [-0.1, -0.05) is 18.2 Å². The van der Waals surface area contributed by atoms with Gasteiger partial charge in [-0.2, -0.15) is 0 Å². The third kappa shape index (κ3) is 3.29. The van der Waals surface area contributed by atoms with Gasteiger partial charge in [0.2, 0.25) is 0 Å². The van der Waals surface area contributed by atoms with Crippen LogP contribution in [0.4, 0.5) is 0 Å². The van der Waals surface area contributed by atoms with Crippen LogP contribution in [-0.4, -0.2) is 51.5 Å². The van der Waals surface area contributed by atoms with Gasteiger partial charge < -0.3 is 14.5 Å². The third-order valence-corrected chi connectivity index (χ3v) is 5.82. The third-order valence-electron chi connectivity index (χ3n) is 5.82. The zero-order chi connectivity index (χ0) is 18.1. The first-order chi connectivity index (χ1) is 12.6. The van der Waals surface area contributed by atoms with Crippen molar-refractivity contribution in [3.8, 4) is 0 Å². The van der Waals surface area contributed by atoms with E-state index in [0.29, 0.717) is 12.0 Å². The molecular weight excluding hydrogens is 322 g/mol. The van der Waals surface area contributed by atoms with E-state index < -0.39 is 0 Å². The zero-order valence-electron chi connectivity index (χ0n) is 16.0. The smallest absolute Gasteiger partial charge is 0.0946 e. The fourth-order valence-electron chi connectivity index (χ4n) is 4.61. The minimum absolute atomic E-state index is 0.444. The molecule has 4 rings (SSSR count). The van der Waals surface area contributed by atoms with E-state index in [1.165, 1.54) is 35.0 Å². The molecule has 2 aromatic heterocycles. The second-order valence-corrected chi connectivity index (χ2v) is 7.81. The largest absolute Gasteiger partial charge is 0.361 e. The monoisotopic (exact) mass is 351 g/mol. The van der Waals surface area contributed by atoms with Gasteiger partial charge in [-0.15, -0.1) is 0 Å². The molecule has 0 saturated carbocycles. The van der Waals surface area contributed by atoms with E-state index in [9.17, 15) is 0 Å². The highest BCUT2D eigenvalue weighted by molar-refractivity contribution is 5.82. The lowest BCUT2D eigenvalue weighted by molar-refractivity contribution is 0.0881. The fourth-order valence-corrected chi connectivity index (χ4v) is 4.61. The number of hydrogen-bond donors (Lipinski definition) is 1. The second-order valence-electron chi connectivity index (χ2n) is 7.81. The number of aryl methyl sites for hydroxylation is 1. The van der Waals surface area contributed by atoms with Crippen LogP contribution in [0.1, 0.15) is 30.1 Å². The number of aromatic nitrogens is 3. The lowest BCUT2D eigenvalue weighted by atomic mass is 9.87. The number of aromatic amines is 1. The molecule has 0 aliphatic carbocycles. The lowest BCUT2D eigenvalue weighted by Crippen LogP contribution is -2.41. The Morgan fingerprint density at radius 1 is 1.27 bits per heavy atom. The maximum absolute atomic E-state index is 4.36. The number of piperidine rings is 1. The number of imidazole rings is 1. The van der Waals surface area contributed by atoms with E-state index in [0.717, 1.165) is 19.6 Å². The average Bonchev–Trinajstić information content (AvgIpc) is 3.25. The van der Waals surface area contributed by atoms with Crippen molar-refractivity contribution in [1.29, 1.82) is 0 Å². The topological polar surface area (TPSA) is 40.1 Å². The molecule has 0 bridgehead atoms. The van der Waals surface area contributed by atoms with Gasteiger partial charge in [0.1, 0.15) is 0 Å². The van der Waals surface area contributed by atoms with E-state index in [2.05, 4.69) is 69.7 Å². The minimum Gasteiger partial charge on any atom is -0.361 e. The number of likely N-dealkylation sites (tertiary alicyclic amines) is 1. The van der Waals surface area contributed by atoms with Crippen LogP contribution in [0.25, 0.3) is 10.9 Å². The highest BCUT2D eigenvalue weighted by atomic mass is 15.2. The number of nitrogens with zero attached hydrogens (tertiary/aromatic N) is 4. The Morgan fingerprint density at radius 3 is 2.96 bits per heavy atom. The lowest BCUT2D eigenvalue weighted by Gasteiger charge is -2.40. The molecule has 5 nitrogen and oxygen atoms in total. The first-order valence-corrected chi connectivity index (χ1v) is 9.53. The molecule has 1 aliphatic rings. The Kier molecular flexibility index (Phi) is 4.83.